The van der Waals surface area contributed by atoms with Gasteiger partial charge in [0.15, 0.2) is 0 Å². The summed E-state index contributed by atoms with van der Waals surface area (Å²) in [5.74, 6) is 0.257. The molecule has 2 nitrogen and oxygen atoms in total. The van der Waals surface area contributed by atoms with Gasteiger partial charge in [-0.1, -0.05) is 0 Å². The van der Waals surface area contributed by atoms with Crippen LogP contribution in [0.25, 0.3) is 0 Å². The fraction of sp³-hybridized carbons (Fsp3) is 0.500. The lowest BCUT2D eigenvalue weighted by molar-refractivity contribution is -0.137. The van der Waals surface area contributed by atoms with Gasteiger partial charge in [-0.25, -0.2) is 0 Å². The van der Waals surface area contributed by atoms with Crippen LogP contribution >= 0.6 is 12.4 Å². The Morgan fingerprint density at radius 3 is 2.50 bits per heavy atom. The summed E-state index contributed by atoms with van der Waals surface area (Å²) in [6.07, 6.45) is -2.44. The highest BCUT2D eigenvalue weighted by atomic mass is 35.5. The Hall–Kier alpha value is -0.810. The number of nitrogens with one attached hydrogen (secondary N) is 1. The zero-order chi connectivity index (χ0) is 10.9. The van der Waals surface area contributed by atoms with Crippen molar-refractivity contribution in [3.63, 3.8) is 0 Å². The normalized spacial score (nSPS) is 20.6. The Morgan fingerprint density at radius 2 is 2.06 bits per heavy atom. The highest BCUT2D eigenvalue weighted by molar-refractivity contribution is 5.85. The average Bonchev–Trinajstić information content (AvgIpc) is 2.69. The Labute approximate surface area is 97.7 Å². The van der Waals surface area contributed by atoms with Gasteiger partial charge in [-0.05, 0) is 25.1 Å². The molecule has 2 rings (SSSR count). The number of pyridine rings is 1. The molecule has 1 aromatic rings. The molecule has 1 atom stereocenters. The SMILES string of the molecule is Cl.FC(F)(F)c1ccc(C2CCNC2)nc1. The van der Waals surface area contributed by atoms with Crippen molar-refractivity contribution in [2.75, 3.05) is 13.1 Å². The predicted molar refractivity (Wildman–Crippen MR) is 56.7 cm³/mol. The van der Waals surface area contributed by atoms with E-state index in [1.807, 2.05) is 0 Å². The zero-order valence-electron chi connectivity index (χ0n) is 8.42. The van der Waals surface area contributed by atoms with Gasteiger partial charge in [-0.2, -0.15) is 13.2 Å². The molecule has 6 heteroatoms. The molecule has 1 fully saturated rings. The van der Waals surface area contributed by atoms with Crippen molar-refractivity contribution in [3.05, 3.63) is 29.6 Å². The maximum atomic E-state index is 12.2. The smallest absolute Gasteiger partial charge is 0.316 e. The molecule has 0 aromatic carbocycles. The van der Waals surface area contributed by atoms with Crippen molar-refractivity contribution >= 4 is 12.4 Å². The van der Waals surface area contributed by atoms with Crippen molar-refractivity contribution in [2.24, 2.45) is 0 Å². The van der Waals surface area contributed by atoms with Gasteiger partial charge in [0.1, 0.15) is 0 Å². The van der Waals surface area contributed by atoms with Crippen LogP contribution in [0.4, 0.5) is 13.2 Å². The number of alkyl halides is 3. The van der Waals surface area contributed by atoms with Gasteiger partial charge in [-0.15, -0.1) is 12.4 Å². The van der Waals surface area contributed by atoms with E-state index in [0.717, 1.165) is 37.5 Å². The summed E-state index contributed by atoms with van der Waals surface area (Å²) in [6, 6.07) is 2.57. The minimum absolute atomic E-state index is 0. The fourth-order valence-electron chi connectivity index (χ4n) is 1.72. The summed E-state index contributed by atoms with van der Waals surface area (Å²) >= 11 is 0. The molecule has 16 heavy (non-hydrogen) atoms. The molecule has 90 valence electrons. The van der Waals surface area contributed by atoms with E-state index < -0.39 is 11.7 Å². The van der Waals surface area contributed by atoms with Gasteiger partial charge in [0, 0.05) is 24.4 Å². The van der Waals surface area contributed by atoms with Crippen molar-refractivity contribution in [3.8, 4) is 0 Å². The molecule has 1 N–H and O–H groups in total. The highest BCUT2D eigenvalue weighted by Gasteiger charge is 2.31. The first-order valence-corrected chi connectivity index (χ1v) is 4.81. The van der Waals surface area contributed by atoms with Gasteiger partial charge in [0.25, 0.3) is 0 Å². The third-order valence-electron chi connectivity index (χ3n) is 2.59. The maximum Gasteiger partial charge on any atom is 0.417 e. The van der Waals surface area contributed by atoms with Gasteiger partial charge in [-0.3, -0.25) is 4.98 Å². The molecule has 1 aliphatic heterocycles. The summed E-state index contributed by atoms with van der Waals surface area (Å²) < 4.78 is 36.7. The molecule has 1 saturated heterocycles. The number of halogens is 4. The molecular weight excluding hydrogens is 241 g/mol. The Balaban J connectivity index is 0.00000128. The molecule has 0 saturated carbocycles. The first kappa shape index (κ1) is 13.3. The Kier molecular flexibility index (Phi) is 4.15. The van der Waals surface area contributed by atoms with E-state index in [0.29, 0.717) is 0 Å². The number of rotatable bonds is 1. The molecule has 0 amide bonds. The van der Waals surface area contributed by atoms with Gasteiger partial charge in [0.05, 0.1) is 5.56 Å². The van der Waals surface area contributed by atoms with E-state index in [9.17, 15) is 13.2 Å². The second-order valence-electron chi connectivity index (χ2n) is 3.66. The molecule has 0 radical (unpaired) electrons. The lowest BCUT2D eigenvalue weighted by Gasteiger charge is -2.10. The number of aromatic nitrogens is 1. The molecule has 1 unspecified atom stereocenters. The Morgan fingerprint density at radius 1 is 1.31 bits per heavy atom. The van der Waals surface area contributed by atoms with Gasteiger partial charge < -0.3 is 5.32 Å². The number of nitrogens with zero attached hydrogens (tertiary/aromatic N) is 1. The van der Waals surface area contributed by atoms with Crippen LogP contribution in [0.1, 0.15) is 23.6 Å². The van der Waals surface area contributed by atoms with Gasteiger partial charge >= 0.3 is 6.18 Å². The van der Waals surface area contributed by atoms with Crippen molar-refractivity contribution in [2.45, 2.75) is 18.5 Å². The fourth-order valence-corrected chi connectivity index (χ4v) is 1.72. The molecule has 0 aliphatic carbocycles. The van der Waals surface area contributed by atoms with Crippen LogP contribution in [0.5, 0.6) is 0 Å². The van der Waals surface area contributed by atoms with Crippen LogP contribution in [-0.4, -0.2) is 18.1 Å². The molecule has 0 spiro atoms. The molecule has 0 bridgehead atoms. The number of hydrogen-bond donors (Lipinski definition) is 1. The topological polar surface area (TPSA) is 24.9 Å². The third kappa shape index (κ3) is 2.86. The van der Waals surface area contributed by atoms with E-state index in [1.165, 1.54) is 6.07 Å². The summed E-state index contributed by atoms with van der Waals surface area (Å²) in [5, 5.41) is 3.15. The summed E-state index contributed by atoms with van der Waals surface area (Å²) in [4.78, 5) is 3.87. The number of hydrogen-bond acceptors (Lipinski definition) is 2. The molecule has 1 aromatic heterocycles. The van der Waals surface area contributed by atoms with E-state index in [-0.39, 0.29) is 18.3 Å². The predicted octanol–water partition coefficient (Wildman–Crippen LogP) is 2.60. The first-order valence-electron chi connectivity index (χ1n) is 4.81. The largest absolute Gasteiger partial charge is 0.417 e. The lowest BCUT2D eigenvalue weighted by atomic mass is 10.0. The van der Waals surface area contributed by atoms with Crippen molar-refractivity contribution < 1.29 is 13.2 Å². The van der Waals surface area contributed by atoms with Gasteiger partial charge in [0.2, 0.25) is 0 Å². The minimum atomic E-state index is -4.29. The second kappa shape index (κ2) is 5.01. The van der Waals surface area contributed by atoms with Crippen LogP contribution in [0.3, 0.4) is 0 Å². The van der Waals surface area contributed by atoms with Crippen LogP contribution < -0.4 is 5.32 Å². The molecular formula is C10H12ClF3N2. The minimum Gasteiger partial charge on any atom is -0.316 e. The van der Waals surface area contributed by atoms with Crippen LogP contribution in [0.2, 0.25) is 0 Å². The third-order valence-corrected chi connectivity index (χ3v) is 2.59. The van der Waals surface area contributed by atoms with Crippen molar-refractivity contribution in [1.29, 1.82) is 0 Å². The van der Waals surface area contributed by atoms with E-state index >= 15 is 0 Å². The van der Waals surface area contributed by atoms with Crippen LogP contribution in [-0.2, 0) is 6.18 Å². The monoisotopic (exact) mass is 252 g/mol. The first-order chi connectivity index (χ1) is 7.07. The van der Waals surface area contributed by atoms with Crippen molar-refractivity contribution in [1.82, 2.24) is 10.3 Å². The quantitative estimate of drug-likeness (QED) is 0.831. The summed E-state index contributed by atoms with van der Waals surface area (Å²) in [5.41, 5.74) is 0.0604. The standard InChI is InChI=1S/C10H11F3N2.ClH/c11-10(12,13)8-1-2-9(15-6-8)7-3-4-14-5-7;/h1-2,6-7,14H,3-5H2;1H. The Bertz CT molecular complexity index is 331. The van der Waals surface area contributed by atoms with Crippen LogP contribution in [0.15, 0.2) is 18.3 Å². The lowest BCUT2D eigenvalue weighted by Crippen LogP contribution is -2.10. The van der Waals surface area contributed by atoms with E-state index in [1.54, 1.807) is 0 Å². The van der Waals surface area contributed by atoms with E-state index in [4.69, 9.17) is 0 Å². The average molecular weight is 253 g/mol. The highest BCUT2D eigenvalue weighted by Crippen LogP contribution is 2.29. The van der Waals surface area contributed by atoms with Crippen LogP contribution in [0, 0.1) is 0 Å². The maximum absolute atomic E-state index is 12.2. The summed E-state index contributed by atoms with van der Waals surface area (Å²) in [6.45, 7) is 1.71. The van der Waals surface area contributed by atoms with E-state index in [2.05, 4.69) is 10.3 Å². The summed E-state index contributed by atoms with van der Waals surface area (Å²) in [7, 11) is 0. The zero-order valence-corrected chi connectivity index (χ0v) is 9.24. The molecule has 1 aliphatic rings. The second-order valence-corrected chi connectivity index (χ2v) is 3.66. The molecule has 2 heterocycles.